The number of amides is 2. The van der Waals surface area contributed by atoms with Gasteiger partial charge in [0.15, 0.2) is 0 Å². The van der Waals surface area contributed by atoms with Crippen LogP contribution in [-0.4, -0.2) is 32.9 Å². The number of nitrogens with zero attached hydrogens (tertiary/aromatic N) is 3. The standard InChI is InChI=1S/C14H15N5O2/c20-12-6-11(8-17-12)14(21)18-7-10-2-1-3-16-13(10)19-5-4-15-9-19/h1-5,9,11H,6-8H2,(H,17,20)(H,18,21). The first kappa shape index (κ1) is 13.3. The fourth-order valence-electron chi connectivity index (χ4n) is 2.30. The third-order valence-electron chi connectivity index (χ3n) is 3.42. The number of imidazole rings is 1. The number of nitrogens with one attached hydrogen (secondary N) is 2. The molecule has 1 fully saturated rings. The predicted octanol–water partition coefficient (Wildman–Crippen LogP) is 0.0196. The molecule has 21 heavy (non-hydrogen) atoms. The average molecular weight is 285 g/mol. The van der Waals surface area contributed by atoms with E-state index < -0.39 is 0 Å². The number of carbonyl (C=O) groups excluding carboxylic acids is 2. The molecule has 2 aromatic rings. The molecule has 1 aliphatic heterocycles. The van der Waals surface area contributed by atoms with Crippen LogP contribution >= 0.6 is 0 Å². The Balaban J connectivity index is 1.68. The van der Waals surface area contributed by atoms with Crippen molar-refractivity contribution >= 4 is 11.8 Å². The summed E-state index contributed by atoms with van der Waals surface area (Å²) in [7, 11) is 0. The van der Waals surface area contributed by atoms with Crippen LogP contribution in [0.3, 0.4) is 0 Å². The topological polar surface area (TPSA) is 88.9 Å². The van der Waals surface area contributed by atoms with Crippen LogP contribution in [0.15, 0.2) is 37.1 Å². The first-order valence-electron chi connectivity index (χ1n) is 6.70. The maximum Gasteiger partial charge on any atom is 0.225 e. The fraction of sp³-hybridized carbons (Fsp3) is 0.286. The molecule has 7 nitrogen and oxygen atoms in total. The van der Waals surface area contributed by atoms with Crippen LogP contribution in [0, 0.1) is 5.92 Å². The van der Waals surface area contributed by atoms with Crippen molar-refractivity contribution < 1.29 is 9.59 Å². The summed E-state index contributed by atoms with van der Waals surface area (Å²) in [5.41, 5.74) is 0.890. The van der Waals surface area contributed by atoms with E-state index in [0.29, 0.717) is 13.1 Å². The lowest BCUT2D eigenvalue weighted by Crippen LogP contribution is -2.31. The summed E-state index contributed by atoms with van der Waals surface area (Å²) in [6.45, 7) is 0.775. The quantitative estimate of drug-likeness (QED) is 0.829. The van der Waals surface area contributed by atoms with E-state index in [-0.39, 0.29) is 24.2 Å². The molecule has 0 spiro atoms. The second kappa shape index (κ2) is 5.74. The minimum absolute atomic E-state index is 0.0735. The highest BCUT2D eigenvalue weighted by Crippen LogP contribution is 2.12. The zero-order valence-electron chi connectivity index (χ0n) is 11.3. The Morgan fingerprint density at radius 3 is 3.10 bits per heavy atom. The SMILES string of the molecule is O=C1CC(C(=O)NCc2cccnc2-n2ccnc2)CN1. The summed E-state index contributed by atoms with van der Waals surface area (Å²) in [4.78, 5) is 31.5. The molecule has 0 aromatic carbocycles. The van der Waals surface area contributed by atoms with E-state index in [0.717, 1.165) is 11.4 Å². The highest BCUT2D eigenvalue weighted by atomic mass is 16.2. The highest BCUT2D eigenvalue weighted by molar-refractivity contribution is 5.89. The van der Waals surface area contributed by atoms with Crippen LogP contribution in [0.2, 0.25) is 0 Å². The van der Waals surface area contributed by atoms with Crippen molar-refractivity contribution in [3.05, 3.63) is 42.6 Å². The van der Waals surface area contributed by atoms with Crippen molar-refractivity contribution in [2.24, 2.45) is 5.92 Å². The number of pyridine rings is 1. The van der Waals surface area contributed by atoms with Crippen LogP contribution in [0.25, 0.3) is 5.82 Å². The van der Waals surface area contributed by atoms with Gasteiger partial charge >= 0.3 is 0 Å². The molecule has 3 heterocycles. The zero-order chi connectivity index (χ0) is 14.7. The second-order valence-corrected chi connectivity index (χ2v) is 4.88. The van der Waals surface area contributed by atoms with Crippen molar-refractivity contribution in [2.75, 3.05) is 6.54 Å². The van der Waals surface area contributed by atoms with E-state index in [1.165, 1.54) is 0 Å². The van der Waals surface area contributed by atoms with Crippen molar-refractivity contribution in [1.82, 2.24) is 25.2 Å². The van der Waals surface area contributed by atoms with Gasteiger partial charge in [0.25, 0.3) is 0 Å². The number of aromatic nitrogens is 3. The van der Waals surface area contributed by atoms with Gasteiger partial charge in [-0.3, -0.25) is 14.2 Å². The van der Waals surface area contributed by atoms with Gasteiger partial charge in [0.1, 0.15) is 12.1 Å². The molecule has 0 aliphatic carbocycles. The second-order valence-electron chi connectivity index (χ2n) is 4.88. The lowest BCUT2D eigenvalue weighted by molar-refractivity contribution is -0.126. The third kappa shape index (κ3) is 2.91. The Morgan fingerprint density at radius 1 is 1.48 bits per heavy atom. The Labute approximate surface area is 121 Å². The maximum absolute atomic E-state index is 12.0. The van der Waals surface area contributed by atoms with Gasteiger partial charge in [0.05, 0.1) is 5.92 Å². The molecule has 3 rings (SSSR count). The molecule has 2 aromatic heterocycles. The highest BCUT2D eigenvalue weighted by Gasteiger charge is 2.27. The molecule has 7 heteroatoms. The third-order valence-corrected chi connectivity index (χ3v) is 3.42. The van der Waals surface area contributed by atoms with Crippen LogP contribution in [0.1, 0.15) is 12.0 Å². The van der Waals surface area contributed by atoms with Crippen LogP contribution in [0.4, 0.5) is 0 Å². The number of rotatable bonds is 4. The van der Waals surface area contributed by atoms with E-state index in [9.17, 15) is 9.59 Å². The molecule has 108 valence electrons. The summed E-state index contributed by atoms with van der Waals surface area (Å²) in [5.74, 6) is 0.256. The maximum atomic E-state index is 12.0. The molecule has 0 bridgehead atoms. The molecule has 0 radical (unpaired) electrons. The minimum atomic E-state index is -0.286. The Hall–Kier alpha value is -2.70. The molecule has 1 aliphatic rings. The van der Waals surface area contributed by atoms with E-state index in [2.05, 4.69) is 20.6 Å². The molecule has 2 N–H and O–H groups in total. The van der Waals surface area contributed by atoms with Crippen molar-refractivity contribution in [3.63, 3.8) is 0 Å². The van der Waals surface area contributed by atoms with Gasteiger partial charge in [0.2, 0.25) is 11.8 Å². The smallest absolute Gasteiger partial charge is 0.225 e. The summed E-state index contributed by atoms with van der Waals surface area (Å²) >= 11 is 0. The van der Waals surface area contributed by atoms with Gasteiger partial charge in [-0.1, -0.05) is 6.07 Å². The molecule has 2 amide bonds. The summed E-state index contributed by atoms with van der Waals surface area (Å²) in [5, 5.41) is 5.52. The summed E-state index contributed by atoms with van der Waals surface area (Å²) < 4.78 is 1.79. The molecular weight excluding hydrogens is 270 g/mol. The van der Waals surface area contributed by atoms with Gasteiger partial charge in [-0.25, -0.2) is 9.97 Å². The van der Waals surface area contributed by atoms with Gasteiger partial charge < -0.3 is 10.6 Å². The molecule has 0 saturated carbocycles. The van der Waals surface area contributed by atoms with Gasteiger partial charge in [0, 0.05) is 43.7 Å². The monoisotopic (exact) mass is 285 g/mol. The van der Waals surface area contributed by atoms with Crippen molar-refractivity contribution in [1.29, 1.82) is 0 Å². The Kier molecular flexibility index (Phi) is 3.63. The number of hydrogen-bond acceptors (Lipinski definition) is 4. The van der Waals surface area contributed by atoms with Gasteiger partial charge in [-0.2, -0.15) is 0 Å². The first-order valence-corrected chi connectivity index (χ1v) is 6.70. The van der Waals surface area contributed by atoms with Crippen molar-refractivity contribution in [3.8, 4) is 5.82 Å². The van der Waals surface area contributed by atoms with Crippen molar-refractivity contribution in [2.45, 2.75) is 13.0 Å². The normalized spacial score (nSPS) is 17.5. The van der Waals surface area contributed by atoms with E-state index in [4.69, 9.17) is 0 Å². The largest absolute Gasteiger partial charge is 0.355 e. The number of hydrogen-bond donors (Lipinski definition) is 2. The van der Waals surface area contributed by atoms with Crippen LogP contribution < -0.4 is 10.6 Å². The number of carbonyl (C=O) groups is 2. The summed E-state index contributed by atoms with van der Waals surface area (Å²) in [6, 6.07) is 3.73. The zero-order valence-corrected chi connectivity index (χ0v) is 11.3. The van der Waals surface area contributed by atoms with E-state index in [1.54, 1.807) is 29.5 Å². The lowest BCUT2D eigenvalue weighted by atomic mass is 10.1. The summed E-state index contributed by atoms with van der Waals surface area (Å²) in [6.07, 6.45) is 7.08. The van der Waals surface area contributed by atoms with Gasteiger partial charge in [-0.05, 0) is 6.07 Å². The molecule has 1 atom stereocenters. The van der Waals surface area contributed by atoms with Gasteiger partial charge in [-0.15, -0.1) is 0 Å². The average Bonchev–Trinajstić information content (AvgIpc) is 3.16. The molecule has 1 saturated heterocycles. The van der Waals surface area contributed by atoms with E-state index >= 15 is 0 Å². The fourth-order valence-corrected chi connectivity index (χ4v) is 2.30. The lowest BCUT2D eigenvalue weighted by Gasteiger charge is -2.12. The molecular formula is C14H15N5O2. The Morgan fingerprint density at radius 2 is 2.38 bits per heavy atom. The van der Waals surface area contributed by atoms with Crippen LogP contribution in [-0.2, 0) is 16.1 Å². The van der Waals surface area contributed by atoms with Crippen LogP contribution in [0.5, 0.6) is 0 Å². The minimum Gasteiger partial charge on any atom is -0.355 e. The first-order chi connectivity index (χ1) is 10.2. The molecule has 1 unspecified atom stereocenters. The van der Waals surface area contributed by atoms with E-state index in [1.807, 2.05) is 12.1 Å². The predicted molar refractivity (Wildman–Crippen MR) is 74.3 cm³/mol. The Bertz CT molecular complexity index is 653.